The highest BCUT2D eigenvalue weighted by Gasteiger charge is 2.57. The van der Waals surface area contributed by atoms with Crippen LogP contribution in [-0.4, -0.2) is 71.1 Å². The van der Waals surface area contributed by atoms with E-state index in [1.807, 2.05) is 59.7 Å². The quantitative estimate of drug-likeness (QED) is 0.0357. The van der Waals surface area contributed by atoms with Crippen LogP contribution in [0.25, 0.3) is 4.83 Å². The summed E-state index contributed by atoms with van der Waals surface area (Å²) in [6.07, 6.45) is 6.48. The number of β-lactam (4-membered cyclic amide) rings is 1. The molecule has 59 heavy (non-hydrogen) atoms. The van der Waals surface area contributed by atoms with E-state index in [-0.39, 0.29) is 16.7 Å². The van der Waals surface area contributed by atoms with E-state index in [9.17, 15) is 0 Å². The maximum absolute atomic E-state index is 15.2. The van der Waals surface area contributed by atoms with Gasteiger partial charge in [0.25, 0.3) is 0 Å². The summed E-state index contributed by atoms with van der Waals surface area (Å²) in [5.74, 6) is -2.54. The minimum atomic E-state index is -2.65. The smallest absolute Gasteiger partial charge is 0.243 e. The maximum Gasteiger partial charge on any atom is 0.243 e. The molecule has 308 valence electrons. The third-order valence-corrected chi connectivity index (χ3v) is 22.7. The molecule has 0 N–H and O–H groups in total. The zero-order valence-corrected chi connectivity index (χ0v) is 38.3. The van der Waals surface area contributed by atoms with Crippen molar-refractivity contribution in [2.24, 2.45) is 11.8 Å². The van der Waals surface area contributed by atoms with E-state index >= 15 is 9.59 Å². The van der Waals surface area contributed by atoms with Gasteiger partial charge in [-0.25, -0.2) is 4.98 Å². The molecule has 1 amide bonds. The molecule has 1 aliphatic rings. The third kappa shape index (κ3) is 7.19. The molecule has 0 saturated carbocycles. The fourth-order valence-corrected chi connectivity index (χ4v) is 15.5. The minimum absolute atomic E-state index is 0.0160. The highest BCUT2D eigenvalue weighted by molar-refractivity contribution is 7.95. The lowest BCUT2D eigenvalue weighted by molar-refractivity contribution is -0.185. The van der Waals surface area contributed by atoms with E-state index in [4.69, 9.17) is 18.9 Å². The van der Waals surface area contributed by atoms with Gasteiger partial charge in [0.05, 0.1) is 22.9 Å². The Morgan fingerprint density at radius 3 is 1.86 bits per heavy atom. The van der Waals surface area contributed by atoms with Crippen molar-refractivity contribution in [1.82, 2.24) is 19.3 Å². The number of Topliss-reactive ketones (excluding diaryl/α,β-unsaturated/α-hetero) is 1. The lowest BCUT2D eigenvalue weighted by Crippen LogP contribution is -2.70. The first-order valence-electron chi connectivity index (χ1n) is 20.1. The molecule has 12 heteroatoms. The first kappa shape index (κ1) is 42.6. The van der Waals surface area contributed by atoms with E-state index in [0.717, 1.165) is 21.3 Å². The number of aromatic nitrogens is 3. The molecule has 4 atom stereocenters. The number of rotatable bonds is 14. The number of likely N-dealkylation sites (tertiary alicyclic amines) is 1. The van der Waals surface area contributed by atoms with Crippen molar-refractivity contribution < 1.29 is 23.5 Å². The van der Waals surface area contributed by atoms with Crippen molar-refractivity contribution in [2.45, 2.75) is 77.6 Å². The average Bonchev–Trinajstić information content (AvgIpc) is 3.84. The first-order chi connectivity index (χ1) is 28.1. The number of thiazole rings is 1. The highest BCUT2D eigenvalue weighted by atomic mass is 32.1. The molecule has 0 aliphatic carbocycles. The molecule has 4 heterocycles. The Kier molecular flexibility index (Phi) is 11.9. The van der Waals surface area contributed by atoms with Gasteiger partial charge >= 0.3 is 0 Å². The van der Waals surface area contributed by atoms with Gasteiger partial charge in [-0.1, -0.05) is 125 Å². The van der Waals surface area contributed by atoms with Gasteiger partial charge < -0.3 is 18.8 Å². The van der Waals surface area contributed by atoms with Gasteiger partial charge in [0.2, 0.25) is 11.7 Å². The second-order valence-corrected chi connectivity index (χ2v) is 26.2. The van der Waals surface area contributed by atoms with Gasteiger partial charge in [0.15, 0.2) is 14.1 Å². The van der Waals surface area contributed by atoms with Crippen LogP contribution >= 0.6 is 18.2 Å². The number of ether oxygens (including phenoxy) is 2. The Morgan fingerprint density at radius 2 is 1.39 bits per heavy atom. The average molecular weight is 847 g/mol. The van der Waals surface area contributed by atoms with Gasteiger partial charge in [0, 0.05) is 49.7 Å². The molecule has 3 aromatic carbocycles. The Morgan fingerprint density at radius 1 is 0.847 bits per heavy atom. The Labute approximate surface area is 353 Å². The molecular weight excluding hydrogens is 792 g/mol. The van der Waals surface area contributed by atoms with E-state index in [1.165, 1.54) is 11.3 Å². The zero-order chi connectivity index (χ0) is 42.3. The van der Waals surface area contributed by atoms with Crippen LogP contribution in [-0.2, 0) is 24.5 Å². The van der Waals surface area contributed by atoms with Crippen molar-refractivity contribution in [2.75, 3.05) is 14.2 Å². The number of imidazole rings is 1. The summed E-state index contributed by atoms with van der Waals surface area (Å²) >= 11 is 1.34. The van der Waals surface area contributed by atoms with Gasteiger partial charge in [-0.15, -0.1) is 11.3 Å². The van der Waals surface area contributed by atoms with Crippen LogP contribution in [0.2, 0.25) is 18.1 Å². The van der Waals surface area contributed by atoms with Crippen molar-refractivity contribution in [1.29, 1.82) is 0 Å². The predicted molar refractivity (Wildman–Crippen MR) is 243 cm³/mol. The van der Waals surface area contributed by atoms with E-state index in [2.05, 4.69) is 119 Å². The zero-order valence-electron chi connectivity index (χ0n) is 35.6. The lowest BCUT2D eigenvalue weighted by Gasteiger charge is -2.55. The number of benzene rings is 3. The number of ketones is 1. The van der Waals surface area contributed by atoms with E-state index in [1.54, 1.807) is 32.9 Å². The number of pyridine rings is 1. The van der Waals surface area contributed by atoms with Crippen LogP contribution in [0.1, 0.15) is 62.5 Å². The van der Waals surface area contributed by atoms with Crippen LogP contribution in [0, 0.1) is 11.8 Å². The minimum Gasteiger partial charge on any atom is -0.413 e. The Balaban J connectivity index is 1.40. The number of amides is 1. The molecule has 6 aromatic rings. The second kappa shape index (κ2) is 16.5. The summed E-state index contributed by atoms with van der Waals surface area (Å²) in [6, 6.07) is 34.8. The van der Waals surface area contributed by atoms with Crippen LogP contribution in [0.15, 0.2) is 128 Å². The molecule has 1 saturated heterocycles. The fraction of sp³-hybridized carbons (Fsp3) is 0.340. The largest absolute Gasteiger partial charge is 0.413 e. The number of carbonyl (C=O) groups is 2. The normalized spacial score (nSPS) is 17.5. The summed E-state index contributed by atoms with van der Waals surface area (Å²) in [5, 5.41) is 3.34. The summed E-state index contributed by atoms with van der Waals surface area (Å²) < 4.78 is 20.9. The molecule has 7 rings (SSSR count). The van der Waals surface area contributed by atoms with Gasteiger partial charge in [0.1, 0.15) is 16.9 Å². The van der Waals surface area contributed by atoms with Crippen LogP contribution < -0.4 is 15.9 Å². The number of nitrogens with zero attached hydrogens (tertiary/aromatic N) is 4. The maximum atomic E-state index is 15.2. The summed E-state index contributed by atoms with van der Waals surface area (Å²) in [6.45, 7) is 14.5. The van der Waals surface area contributed by atoms with Crippen molar-refractivity contribution in [3.05, 3.63) is 144 Å². The monoisotopic (exact) mass is 846 g/mol. The number of methoxy groups -OCH3 is 2. The van der Waals surface area contributed by atoms with E-state index < -0.39 is 45.0 Å². The molecule has 0 unspecified atom stereocenters. The Hall–Kier alpha value is -4.48. The van der Waals surface area contributed by atoms with Crippen molar-refractivity contribution in [3.8, 4) is 0 Å². The van der Waals surface area contributed by atoms with Crippen LogP contribution in [0.4, 0.5) is 0 Å². The Bertz CT molecular complexity index is 2380. The number of hydrogen-bond acceptors (Lipinski definition) is 8. The van der Waals surface area contributed by atoms with Crippen molar-refractivity contribution in [3.63, 3.8) is 0 Å². The highest BCUT2D eigenvalue weighted by Crippen LogP contribution is 2.51. The van der Waals surface area contributed by atoms with Gasteiger partial charge in [-0.3, -0.25) is 19.0 Å². The molecular formula is C47H55N4O5PSSi. The third-order valence-electron chi connectivity index (χ3n) is 12.6. The molecule has 0 radical (unpaired) electrons. The number of hydrogen-bond donors (Lipinski definition) is 0. The summed E-state index contributed by atoms with van der Waals surface area (Å²) in [4.78, 5) is 42.5. The van der Waals surface area contributed by atoms with Crippen LogP contribution in [0.3, 0.4) is 0 Å². The molecule has 1 aliphatic heterocycles. The standard InChI is InChI=1S/C47H55N4O5PSSi/c1-32(42(52)39-30-50-31-49-43(45(50)58-39)47(54-7,55-8)35-21-20-28-48-29-35)41-40(33(2)56-59(9,10)46(4,5)6)44(53)51(41)34(3)57(36-22-14-11-15-23-36,37-24-16-12-17-25-37)38-26-18-13-19-27-38/h11-33,40-41H,1-10H3/t32-,33-,40-,41-/m1/s1. The van der Waals surface area contributed by atoms with Gasteiger partial charge in [-0.2, -0.15) is 0 Å². The van der Waals surface area contributed by atoms with Crippen molar-refractivity contribution >= 4 is 64.4 Å². The fourth-order valence-electron chi connectivity index (χ4n) is 8.48. The lowest BCUT2D eigenvalue weighted by atomic mass is 9.75. The topological polar surface area (TPSA) is 95.3 Å². The molecule has 0 spiro atoms. The second-order valence-electron chi connectivity index (χ2n) is 16.9. The first-order valence-corrected chi connectivity index (χ1v) is 25.6. The summed E-state index contributed by atoms with van der Waals surface area (Å²) in [5.41, 5.74) is 2.14. The predicted octanol–water partition coefficient (Wildman–Crippen LogP) is 8.48. The number of fused-ring (bicyclic) bond motifs is 1. The molecule has 3 aromatic heterocycles. The molecule has 9 nitrogen and oxygen atoms in total. The SMILES string of the molecule is COC(OC)(c1cccnc1)c1ncn2cc(C(=O)[C@H](C)[C@@H]3[C@@H]([C@@H](C)O[Si](C)(C)C(C)(C)C)C(=O)N3C(C)=P(c3ccccc3)(c3ccccc3)c3ccccc3)sc12. The molecule has 0 bridgehead atoms. The van der Waals surface area contributed by atoms with Gasteiger partial charge in [-0.05, 0) is 60.8 Å². The number of carbonyl (C=O) groups excluding carboxylic acids is 2. The molecule has 1 fully saturated rings. The summed E-state index contributed by atoms with van der Waals surface area (Å²) in [7, 11) is 0.833. The van der Waals surface area contributed by atoms with E-state index in [0.29, 0.717) is 21.0 Å². The van der Waals surface area contributed by atoms with Crippen LogP contribution in [0.5, 0.6) is 0 Å².